The number of rotatable bonds is 4. The van der Waals surface area contributed by atoms with Crippen LogP contribution in [0.2, 0.25) is 0 Å². The molecule has 0 unspecified atom stereocenters. The van der Waals surface area contributed by atoms with Crippen molar-refractivity contribution in [3.63, 3.8) is 0 Å². The molecule has 0 bridgehead atoms. The number of aryl methyl sites for hydroxylation is 1. The van der Waals surface area contributed by atoms with Gasteiger partial charge in [0.2, 0.25) is 0 Å². The van der Waals surface area contributed by atoms with Gasteiger partial charge in [0, 0.05) is 18.7 Å². The molecule has 2 rings (SSSR count). The number of methoxy groups -OCH3 is 1. The van der Waals surface area contributed by atoms with E-state index in [9.17, 15) is 9.59 Å². The van der Waals surface area contributed by atoms with E-state index >= 15 is 0 Å². The molecule has 2 aromatic rings. The van der Waals surface area contributed by atoms with Crippen LogP contribution in [0.3, 0.4) is 0 Å². The first-order chi connectivity index (χ1) is 9.60. The lowest BCUT2D eigenvalue weighted by molar-refractivity contribution is -0.136. The molecule has 0 aliphatic carbocycles. The number of carbonyl (C=O) groups excluding carboxylic acids is 1. The molecule has 1 aromatic carbocycles. The van der Waals surface area contributed by atoms with Gasteiger partial charge < -0.3 is 4.74 Å². The number of benzene rings is 1. The van der Waals surface area contributed by atoms with Crippen molar-refractivity contribution in [2.75, 3.05) is 7.11 Å². The van der Waals surface area contributed by atoms with E-state index in [0.717, 1.165) is 11.0 Å². The Balaban J connectivity index is 2.48. The molecule has 1 aromatic heterocycles. The molecular formula is C15H18N2O3. The van der Waals surface area contributed by atoms with Gasteiger partial charge >= 0.3 is 11.7 Å². The normalized spacial score (nSPS) is 11.8. The summed E-state index contributed by atoms with van der Waals surface area (Å²) in [6.07, 6.45) is 1.71. The topological polar surface area (TPSA) is 53.2 Å². The zero-order valence-corrected chi connectivity index (χ0v) is 11.9. The van der Waals surface area contributed by atoms with Crippen molar-refractivity contribution in [2.24, 2.45) is 0 Å². The minimum absolute atomic E-state index is 0.0670. The van der Waals surface area contributed by atoms with Crippen LogP contribution in [0.4, 0.5) is 0 Å². The summed E-state index contributed by atoms with van der Waals surface area (Å²) in [4.78, 5) is 23.7. The number of carbonyl (C=O) groups is 1. The van der Waals surface area contributed by atoms with E-state index in [4.69, 9.17) is 0 Å². The van der Waals surface area contributed by atoms with Crippen LogP contribution in [0.25, 0.3) is 11.0 Å². The fourth-order valence-corrected chi connectivity index (χ4v) is 2.23. The predicted octanol–water partition coefficient (Wildman–Crippen LogP) is 1.94. The molecular weight excluding hydrogens is 256 g/mol. The lowest BCUT2D eigenvalue weighted by Gasteiger charge is -2.01. The monoisotopic (exact) mass is 274 g/mol. The molecule has 5 nitrogen and oxygen atoms in total. The highest BCUT2D eigenvalue weighted by atomic mass is 16.5. The summed E-state index contributed by atoms with van der Waals surface area (Å²) in [6, 6.07) is 7.64. The molecule has 0 atom stereocenters. The number of nitrogens with zero attached hydrogens (tertiary/aromatic N) is 2. The maximum Gasteiger partial charge on any atom is 0.333 e. The second kappa shape index (κ2) is 5.77. The number of para-hydroxylation sites is 2. The smallest absolute Gasteiger partial charge is 0.333 e. The average Bonchev–Trinajstić information content (AvgIpc) is 2.75. The number of aromatic nitrogens is 2. The number of ether oxygens (including phenoxy) is 1. The van der Waals surface area contributed by atoms with Gasteiger partial charge in [-0.05, 0) is 26.0 Å². The van der Waals surface area contributed by atoms with Crippen LogP contribution >= 0.6 is 0 Å². The average molecular weight is 274 g/mol. The fourth-order valence-electron chi connectivity index (χ4n) is 2.23. The Labute approximate surface area is 117 Å². The van der Waals surface area contributed by atoms with Crippen LogP contribution in [-0.2, 0) is 22.6 Å². The van der Waals surface area contributed by atoms with Crippen molar-refractivity contribution in [3.05, 3.63) is 46.4 Å². The Hall–Kier alpha value is -2.30. The van der Waals surface area contributed by atoms with Crippen LogP contribution in [0.15, 0.2) is 40.7 Å². The van der Waals surface area contributed by atoms with Gasteiger partial charge in [-0.25, -0.2) is 9.59 Å². The van der Waals surface area contributed by atoms with Gasteiger partial charge in [-0.3, -0.25) is 9.13 Å². The summed E-state index contributed by atoms with van der Waals surface area (Å²) in [7, 11) is 1.34. The van der Waals surface area contributed by atoms with E-state index < -0.39 is 0 Å². The van der Waals surface area contributed by atoms with Crippen molar-refractivity contribution in [1.29, 1.82) is 0 Å². The molecule has 0 saturated carbocycles. The van der Waals surface area contributed by atoms with E-state index in [0.29, 0.717) is 18.7 Å². The Kier molecular flexibility index (Phi) is 4.08. The van der Waals surface area contributed by atoms with Crippen molar-refractivity contribution in [3.8, 4) is 0 Å². The summed E-state index contributed by atoms with van der Waals surface area (Å²) in [5.41, 5.74) is 2.20. The Bertz CT molecular complexity index is 722. The molecule has 0 spiro atoms. The Morgan fingerprint density at radius 2 is 1.85 bits per heavy atom. The quantitative estimate of drug-likeness (QED) is 0.632. The first-order valence-corrected chi connectivity index (χ1v) is 6.53. The summed E-state index contributed by atoms with van der Waals surface area (Å²) >= 11 is 0. The molecule has 106 valence electrons. The molecule has 0 aliphatic rings. The summed E-state index contributed by atoms with van der Waals surface area (Å²) in [5.74, 6) is -0.378. The van der Waals surface area contributed by atoms with Crippen molar-refractivity contribution < 1.29 is 9.53 Å². The lowest BCUT2D eigenvalue weighted by atomic mass is 10.3. The Morgan fingerprint density at radius 3 is 2.40 bits per heavy atom. The maximum atomic E-state index is 12.4. The van der Waals surface area contributed by atoms with Gasteiger partial charge in [0.15, 0.2) is 0 Å². The number of hydrogen-bond acceptors (Lipinski definition) is 3. The van der Waals surface area contributed by atoms with Crippen LogP contribution in [-0.4, -0.2) is 22.2 Å². The lowest BCUT2D eigenvalue weighted by Crippen LogP contribution is -2.23. The molecule has 0 saturated heterocycles. The first kappa shape index (κ1) is 14.1. The minimum atomic E-state index is -0.378. The van der Waals surface area contributed by atoms with Gasteiger partial charge in [-0.2, -0.15) is 0 Å². The van der Waals surface area contributed by atoms with Gasteiger partial charge in [-0.1, -0.05) is 18.2 Å². The van der Waals surface area contributed by atoms with Crippen molar-refractivity contribution in [1.82, 2.24) is 9.13 Å². The largest absolute Gasteiger partial charge is 0.466 e. The predicted molar refractivity (Wildman–Crippen MR) is 77.6 cm³/mol. The van der Waals surface area contributed by atoms with Crippen LogP contribution < -0.4 is 5.69 Å². The molecule has 20 heavy (non-hydrogen) atoms. The molecule has 0 amide bonds. The summed E-state index contributed by atoms with van der Waals surface area (Å²) in [5, 5.41) is 0. The second-order valence-electron chi connectivity index (χ2n) is 4.50. The molecule has 0 N–H and O–H groups in total. The second-order valence-corrected chi connectivity index (χ2v) is 4.50. The molecule has 0 aliphatic heterocycles. The fraction of sp³-hybridized carbons (Fsp3) is 0.333. The van der Waals surface area contributed by atoms with Gasteiger partial charge in [0.1, 0.15) is 0 Å². The zero-order chi connectivity index (χ0) is 14.7. The number of esters is 1. The third-order valence-corrected chi connectivity index (χ3v) is 3.33. The van der Waals surface area contributed by atoms with Gasteiger partial charge in [0.25, 0.3) is 0 Å². The van der Waals surface area contributed by atoms with Crippen LogP contribution in [0.5, 0.6) is 0 Å². The van der Waals surface area contributed by atoms with E-state index in [1.807, 2.05) is 31.2 Å². The van der Waals surface area contributed by atoms with Gasteiger partial charge in [0.05, 0.1) is 18.1 Å². The first-order valence-electron chi connectivity index (χ1n) is 6.53. The van der Waals surface area contributed by atoms with Gasteiger partial charge in [-0.15, -0.1) is 0 Å². The standard InChI is InChI=1S/C15H18N2O3/c1-4-16-12-7-5-6-8-13(12)17(15(16)19)10-9-11(2)14(18)20-3/h5-9H,4,10H2,1-3H3. The SMILES string of the molecule is CCn1c(=O)n(CC=C(C)C(=O)OC)c2ccccc21. The highest BCUT2D eigenvalue weighted by Gasteiger charge is 2.11. The molecule has 1 heterocycles. The van der Waals surface area contributed by atoms with E-state index in [1.54, 1.807) is 22.1 Å². The number of hydrogen-bond donors (Lipinski definition) is 0. The van der Waals surface area contributed by atoms with E-state index in [-0.39, 0.29) is 11.7 Å². The number of allylic oxidation sites excluding steroid dienone is 1. The van der Waals surface area contributed by atoms with Crippen LogP contribution in [0.1, 0.15) is 13.8 Å². The number of fused-ring (bicyclic) bond motifs is 1. The highest BCUT2D eigenvalue weighted by Crippen LogP contribution is 2.13. The summed E-state index contributed by atoms with van der Waals surface area (Å²) < 4.78 is 8.02. The van der Waals surface area contributed by atoms with Crippen molar-refractivity contribution >= 4 is 17.0 Å². The third-order valence-electron chi connectivity index (χ3n) is 3.33. The maximum absolute atomic E-state index is 12.4. The highest BCUT2D eigenvalue weighted by molar-refractivity contribution is 5.87. The van der Waals surface area contributed by atoms with Crippen LogP contribution in [0, 0.1) is 0 Å². The number of imidazole rings is 1. The molecule has 0 radical (unpaired) electrons. The Morgan fingerprint density at radius 1 is 1.25 bits per heavy atom. The zero-order valence-electron chi connectivity index (χ0n) is 11.9. The third kappa shape index (κ3) is 2.39. The minimum Gasteiger partial charge on any atom is -0.466 e. The molecule has 5 heteroatoms. The van der Waals surface area contributed by atoms with E-state index in [1.165, 1.54) is 7.11 Å². The summed E-state index contributed by atoms with van der Waals surface area (Å²) in [6.45, 7) is 4.59. The molecule has 0 fully saturated rings. The van der Waals surface area contributed by atoms with Crippen molar-refractivity contribution in [2.45, 2.75) is 26.9 Å². The van der Waals surface area contributed by atoms with E-state index in [2.05, 4.69) is 4.74 Å².